The molecule has 1 unspecified atom stereocenters. The van der Waals surface area contributed by atoms with Crippen LogP contribution in [0.25, 0.3) is 0 Å². The number of aliphatic hydroxyl groups excluding tert-OH is 1. The molecule has 2 aromatic rings. The van der Waals surface area contributed by atoms with E-state index in [4.69, 9.17) is 4.74 Å². The summed E-state index contributed by atoms with van der Waals surface area (Å²) in [6, 6.07) is 16.4. The number of carbonyl (C=O) groups is 1. The average Bonchev–Trinajstić information content (AvgIpc) is 2.61. The molecule has 0 saturated heterocycles. The fourth-order valence-corrected chi connectivity index (χ4v) is 2.24. The van der Waals surface area contributed by atoms with Crippen LogP contribution in [-0.4, -0.2) is 31.4 Å². The summed E-state index contributed by atoms with van der Waals surface area (Å²) in [5, 5.41) is 15.0. The fraction of sp³-hybridized carbons (Fsp3) is 0.278. The van der Waals surface area contributed by atoms with Crippen LogP contribution in [0.2, 0.25) is 0 Å². The number of carbonyl (C=O) groups excluding carboxylic acids is 1. The molecule has 122 valence electrons. The molecular formula is C18H22N2O3. The van der Waals surface area contributed by atoms with E-state index in [0.717, 1.165) is 23.3 Å². The summed E-state index contributed by atoms with van der Waals surface area (Å²) in [5.41, 5.74) is 1.99. The Kier molecular flexibility index (Phi) is 6.44. The van der Waals surface area contributed by atoms with Crippen molar-refractivity contribution >= 4 is 6.03 Å². The SMILES string of the molecule is COc1ccc(CCNC(=O)NC(CO)c2ccccc2)cc1. The minimum Gasteiger partial charge on any atom is -0.497 e. The highest BCUT2D eigenvalue weighted by Crippen LogP contribution is 2.12. The Morgan fingerprint density at radius 2 is 1.83 bits per heavy atom. The predicted octanol–water partition coefficient (Wildman–Crippen LogP) is 2.27. The lowest BCUT2D eigenvalue weighted by Gasteiger charge is -2.17. The van der Waals surface area contributed by atoms with Crippen molar-refractivity contribution in [1.29, 1.82) is 0 Å². The Hall–Kier alpha value is -2.53. The van der Waals surface area contributed by atoms with E-state index in [0.29, 0.717) is 6.54 Å². The molecule has 0 aliphatic carbocycles. The number of rotatable bonds is 7. The van der Waals surface area contributed by atoms with Gasteiger partial charge in [-0.2, -0.15) is 0 Å². The van der Waals surface area contributed by atoms with Gasteiger partial charge in [0.1, 0.15) is 5.75 Å². The number of hydrogen-bond donors (Lipinski definition) is 3. The molecule has 2 aromatic carbocycles. The largest absolute Gasteiger partial charge is 0.497 e. The van der Waals surface area contributed by atoms with Crippen LogP contribution < -0.4 is 15.4 Å². The van der Waals surface area contributed by atoms with Gasteiger partial charge < -0.3 is 20.5 Å². The molecule has 0 aliphatic rings. The zero-order chi connectivity index (χ0) is 16.5. The quantitative estimate of drug-likeness (QED) is 0.734. The topological polar surface area (TPSA) is 70.6 Å². The van der Waals surface area contributed by atoms with E-state index in [-0.39, 0.29) is 12.6 Å². The van der Waals surface area contributed by atoms with Crippen molar-refractivity contribution in [2.75, 3.05) is 20.3 Å². The van der Waals surface area contributed by atoms with Crippen LogP contribution in [0, 0.1) is 0 Å². The molecule has 2 rings (SSSR count). The lowest BCUT2D eigenvalue weighted by molar-refractivity contribution is 0.217. The lowest BCUT2D eigenvalue weighted by Crippen LogP contribution is -2.40. The maximum atomic E-state index is 11.9. The van der Waals surface area contributed by atoms with Gasteiger partial charge in [0, 0.05) is 6.54 Å². The summed E-state index contributed by atoms with van der Waals surface area (Å²) >= 11 is 0. The minimum atomic E-state index is -0.405. The van der Waals surface area contributed by atoms with Crippen molar-refractivity contribution in [3.63, 3.8) is 0 Å². The van der Waals surface area contributed by atoms with Gasteiger partial charge in [0.15, 0.2) is 0 Å². The molecule has 5 nitrogen and oxygen atoms in total. The molecule has 5 heteroatoms. The Bertz CT molecular complexity index is 599. The van der Waals surface area contributed by atoms with Gasteiger partial charge in [0.2, 0.25) is 0 Å². The van der Waals surface area contributed by atoms with E-state index in [2.05, 4.69) is 10.6 Å². The van der Waals surface area contributed by atoms with Crippen LogP contribution in [0.1, 0.15) is 17.2 Å². The van der Waals surface area contributed by atoms with Gasteiger partial charge >= 0.3 is 6.03 Å². The van der Waals surface area contributed by atoms with Crippen molar-refractivity contribution in [3.05, 3.63) is 65.7 Å². The first-order chi connectivity index (χ1) is 11.2. The van der Waals surface area contributed by atoms with E-state index < -0.39 is 6.04 Å². The van der Waals surface area contributed by atoms with Crippen molar-refractivity contribution in [2.45, 2.75) is 12.5 Å². The van der Waals surface area contributed by atoms with Gasteiger partial charge in [-0.3, -0.25) is 0 Å². The number of aliphatic hydroxyl groups is 1. The molecule has 0 aliphatic heterocycles. The average molecular weight is 314 g/mol. The Morgan fingerprint density at radius 1 is 1.13 bits per heavy atom. The summed E-state index contributed by atoms with van der Waals surface area (Å²) in [7, 11) is 1.63. The molecule has 0 fully saturated rings. The number of methoxy groups -OCH3 is 1. The fourth-order valence-electron chi connectivity index (χ4n) is 2.24. The van der Waals surface area contributed by atoms with Crippen molar-refractivity contribution < 1.29 is 14.6 Å². The summed E-state index contributed by atoms with van der Waals surface area (Å²) in [5.74, 6) is 0.813. The molecule has 0 radical (unpaired) electrons. The number of benzene rings is 2. The second-order valence-corrected chi connectivity index (χ2v) is 5.14. The number of ether oxygens (including phenoxy) is 1. The second-order valence-electron chi connectivity index (χ2n) is 5.14. The third-order valence-corrected chi connectivity index (χ3v) is 3.55. The van der Waals surface area contributed by atoms with Crippen LogP contribution in [0.3, 0.4) is 0 Å². The normalized spacial score (nSPS) is 11.6. The monoisotopic (exact) mass is 314 g/mol. The molecule has 2 amide bonds. The second kappa shape index (κ2) is 8.80. The van der Waals surface area contributed by atoms with Crippen LogP contribution in [0.15, 0.2) is 54.6 Å². The smallest absolute Gasteiger partial charge is 0.315 e. The van der Waals surface area contributed by atoms with Crippen LogP contribution in [0.4, 0.5) is 4.79 Å². The molecule has 3 N–H and O–H groups in total. The van der Waals surface area contributed by atoms with Gasteiger partial charge in [0.05, 0.1) is 19.8 Å². The summed E-state index contributed by atoms with van der Waals surface area (Å²) < 4.78 is 5.11. The molecular weight excluding hydrogens is 292 g/mol. The molecule has 0 saturated carbocycles. The van der Waals surface area contributed by atoms with Gasteiger partial charge in [0.25, 0.3) is 0 Å². The predicted molar refractivity (Wildman–Crippen MR) is 89.5 cm³/mol. The first kappa shape index (κ1) is 16.8. The maximum absolute atomic E-state index is 11.9. The summed E-state index contributed by atoms with van der Waals surface area (Å²) in [6.07, 6.45) is 0.729. The first-order valence-corrected chi connectivity index (χ1v) is 7.56. The summed E-state index contributed by atoms with van der Waals surface area (Å²) in [6.45, 7) is 0.376. The Morgan fingerprint density at radius 3 is 2.43 bits per heavy atom. The van der Waals surface area contributed by atoms with E-state index in [1.54, 1.807) is 7.11 Å². The third-order valence-electron chi connectivity index (χ3n) is 3.55. The van der Waals surface area contributed by atoms with E-state index in [9.17, 15) is 9.90 Å². The number of amides is 2. The highest BCUT2D eigenvalue weighted by Gasteiger charge is 2.12. The Labute approximate surface area is 136 Å². The zero-order valence-electron chi connectivity index (χ0n) is 13.2. The van der Waals surface area contributed by atoms with Crippen LogP contribution in [-0.2, 0) is 6.42 Å². The number of urea groups is 1. The third kappa shape index (κ3) is 5.30. The highest BCUT2D eigenvalue weighted by molar-refractivity contribution is 5.74. The van der Waals surface area contributed by atoms with Gasteiger partial charge in [-0.1, -0.05) is 42.5 Å². The highest BCUT2D eigenvalue weighted by atomic mass is 16.5. The maximum Gasteiger partial charge on any atom is 0.315 e. The van der Waals surface area contributed by atoms with E-state index in [1.165, 1.54) is 0 Å². The minimum absolute atomic E-state index is 0.143. The number of nitrogens with one attached hydrogen (secondary N) is 2. The van der Waals surface area contributed by atoms with Crippen LogP contribution >= 0.6 is 0 Å². The molecule has 0 bridgehead atoms. The van der Waals surface area contributed by atoms with Gasteiger partial charge in [-0.25, -0.2) is 4.79 Å². The zero-order valence-corrected chi connectivity index (χ0v) is 13.2. The van der Waals surface area contributed by atoms with Crippen LogP contribution in [0.5, 0.6) is 5.75 Å². The Balaban J connectivity index is 1.77. The van der Waals surface area contributed by atoms with Gasteiger partial charge in [-0.05, 0) is 29.7 Å². The van der Waals surface area contributed by atoms with Crippen molar-refractivity contribution in [2.24, 2.45) is 0 Å². The summed E-state index contributed by atoms with van der Waals surface area (Å²) in [4.78, 5) is 11.9. The molecule has 0 heterocycles. The standard InChI is InChI=1S/C18H22N2O3/c1-23-16-9-7-14(8-10-16)11-12-19-18(22)20-17(13-21)15-5-3-2-4-6-15/h2-10,17,21H,11-13H2,1H3,(H2,19,20,22). The molecule has 1 atom stereocenters. The molecule has 0 spiro atoms. The molecule has 0 aromatic heterocycles. The number of hydrogen-bond acceptors (Lipinski definition) is 3. The van der Waals surface area contributed by atoms with Crippen molar-refractivity contribution in [1.82, 2.24) is 10.6 Å². The van der Waals surface area contributed by atoms with Crippen molar-refractivity contribution in [3.8, 4) is 5.75 Å². The van der Waals surface area contributed by atoms with Gasteiger partial charge in [-0.15, -0.1) is 0 Å². The van der Waals surface area contributed by atoms with E-state index in [1.807, 2.05) is 54.6 Å². The van der Waals surface area contributed by atoms with E-state index >= 15 is 0 Å². The lowest BCUT2D eigenvalue weighted by atomic mass is 10.1. The molecule has 23 heavy (non-hydrogen) atoms. The first-order valence-electron chi connectivity index (χ1n) is 7.56.